The van der Waals surface area contributed by atoms with Crippen molar-refractivity contribution in [3.05, 3.63) is 56.1 Å². The van der Waals surface area contributed by atoms with Crippen molar-refractivity contribution in [1.29, 1.82) is 0 Å². The van der Waals surface area contributed by atoms with Gasteiger partial charge in [-0.1, -0.05) is 18.2 Å². The molecular weight excluding hydrogens is 421 g/mol. The molecule has 1 heterocycles. The Morgan fingerprint density at radius 3 is 2.89 bits per heavy atom. The molecule has 0 aromatic heterocycles. The molecule has 0 saturated carbocycles. The summed E-state index contributed by atoms with van der Waals surface area (Å²) in [5, 5.41) is 3.62. The molecule has 1 atom stereocenters. The van der Waals surface area contributed by atoms with Gasteiger partial charge in [-0.05, 0) is 68.3 Å². The average Bonchev–Trinajstić information content (AvgIpc) is 2.78. The van der Waals surface area contributed by atoms with Crippen LogP contribution in [0.3, 0.4) is 0 Å². The van der Waals surface area contributed by atoms with Gasteiger partial charge in [0.25, 0.3) is 0 Å². The third-order valence-corrected chi connectivity index (χ3v) is 6.47. The molecule has 0 radical (unpaired) electrons. The van der Waals surface area contributed by atoms with Crippen LogP contribution in [0.5, 0.6) is 0 Å². The third-order valence-electron chi connectivity index (χ3n) is 2.96. The van der Waals surface area contributed by atoms with E-state index in [0.717, 1.165) is 10.2 Å². The zero-order valence-corrected chi connectivity index (χ0v) is 14.1. The van der Waals surface area contributed by atoms with Gasteiger partial charge in [0.15, 0.2) is 0 Å². The zero-order chi connectivity index (χ0) is 12.5. The number of hydrogen-bond acceptors (Lipinski definition) is 2. The fraction of sp³-hybridized carbons (Fsp3) is 0.143. The van der Waals surface area contributed by atoms with Gasteiger partial charge >= 0.3 is 0 Å². The Balaban J connectivity index is 1.84. The lowest BCUT2D eigenvalue weighted by atomic mass is 10.1. The molecule has 18 heavy (non-hydrogen) atoms. The van der Waals surface area contributed by atoms with Crippen LogP contribution in [0, 0.1) is 3.57 Å². The molecular formula is C14H11BrINS. The Morgan fingerprint density at radius 1 is 1.22 bits per heavy atom. The predicted octanol–water partition coefficient (Wildman–Crippen LogP) is 5.31. The molecule has 0 aliphatic carbocycles. The number of halogens is 2. The fourth-order valence-electron chi connectivity index (χ4n) is 2.07. The molecule has 0 spiro atoms. The minimum atomic E-state index is 0.420. The van der Waals surface area contributed by atoms with Gasteiger partial charge in [0, 0.05) is 24.4 Å². The molecule has 0 amide bonds. The first-order valence-corrected chi connectivity index (χ1v) is 8.53. The van der Waals surface area contributed by atoms with Gasteiger partial charge in [-0.15, -0.1) is 11.8 Å². The van der Waals surface area contributed by atoms with Crippen LogP contribution in [0.1, 0.15) is 11.6 Å². The lowest BCUT2D eigenvalue weighted by Crippen LogP contribution is -2.09. The van der Waals surface area contributed by atoms with Gasteiger partial charge in [0.1, 0.15) is 0 Å². The van der Waals surface area contributed by atoms with Crippen molar-refractivity contribution >= 4 is 56.0 Å². The summed E-state index contributed by atoms with van der Waals surface area (Å²) < 4.78 is 2.38. The second-order valence-corrected chi connectivity index (χ2v) is 7.25. The molecule has 0 fully saturated rings. The number of thioether (sulfide) groups is 1. The minimum absolute atomic E-state index is 0.420. The predicted molar refractivity (Wildman–Crippen MR) is 90.4 cm³/mol. The maximum Gasteiger partial charge on any atom is 0.0618 e. The summed E-state index contributed by atoms with van der Waals surface area (Å²) in [4.78, 5) is 1.40. The SMILES string of the molecule is Brc1ccc(NC2CSc3ccccc32)cc1I. The van der Waals surface area contributed by atoms with Crippen molar-refractivity contribution in [2.75, 3.05) is 11.1 Å². The second-order valence-electron chi connectivity index (χ2n) is 4.17. The third kappa shape index (κ3) is 2.56. The van der Waals surface area contributed by atoms with E-state index in [1.54, 1.807) is 0 Å². The van der Waals surface area contributed by atoms with Gasteiger partial charge in [0.05, 0.1) is 6.04 Å². The van der Waals surface area contributed by atoms with Crippen LogP contribution in [-0.2, 0) is 0 Å². The molecule has 2 aromatic carbocycles. The van der Waals surface area contributed by atoms with Crippen molar-refractivity contribution in [3.63, 3.8) is 0 Å². The summed E-state index contributed by atoms with van der Waals surface area (Å²) in [5.41, 5.74) is 2.60. The summed E-state index contributed by atoms with van der Waals surface area (Å²) in [7, 11) is 0. The highest BCUT2D eigenvalue weighted by molar-refractivity contribution is 14.1. The van der Waals surface area contributed by atoms with Crippen LogP contribution >= 0.6 is 50.3 Å². The number of anilines is 1. The van der Waals surface area contributed by atoms with E-state index in [1.807, 2.05) is 11.8 Å². The van der Waals surface area contributed by atoms with Crippen molar-refractivity contribution < 1.29 is 0 Å². The maximum atomic E-state index is 3.62. The number of nitrogens with one attached hydrogen (secondary N) is 1. The highest BCUT2D eigenvalue weighted by Crippen LogP contribution is 2.39. The zero-order valence-electron chi connectivity index (χ0n) is 9.49. The molecule has 2 aromatic rings. The summed E-state index contributed by atoms with van der Waals surface area (Å²) >= 11 is 7.80. The molecule has 1 aliphatic rings. The van der Waals surface area contributed by atoms with Crippen LogP contribution in [0.2, 0.25) is 0 Å². The van der Waals surface area contributed by atoms with Crippen molar-refractivity contribution in [2.24, 2.45) is 0 Å². The molecule has 1 aliphatic heterocycles. The van der Waals surface area contributed by atoms with E-state index in [-0.39, 0.29) is 0 Å². The Kier molecular flexibility index (Phi) is 3.86. The van der Waals surface area contributed by atoms with E-state index >= 15 is 0 Å². The fourth-order valence-corrected chi connectivity index (χ4v) is 3.99. The summed E-state index contributed by atoms with van der Waals surface area (Å²) in [6.45, 7) is 0. The van der Waals surface area contributed by atoms with Crippen LogP contribution < -0.4 is 5.32 Å². The molecule has 3 rings (SSSR count). The van der Waals surface area contributed by atoms with Gasteiger partial charge in [0.2, 0.25) is 0 Å². The molecule has 1 unspecified atom stereocenters. The molecule has 92 valence electrons. The largest absolute Gasteiger partial charge is 0.377 e. The normalized spacial score (nSPS) is 17.6. The van der Waals surface area contributed by atoms with Crippen molar-refractivity contribution in [1.82, 2.24) is 0 Å². The lowest BCUT2D eigenvalue weighted by molar-refractivity contribution is 0.900. The van der Waals surface area contributed by atoms with Crippen LogP contribution in [0.25, 0.3) is 0 Å². The Morgan fingerprint density at radius 2 is 2.06 bits per heavy atom. The highest BCUT2D eigenvalue weighted by Gasteiger charge is 2.22. The quantitative estimate of drug-likeness (QED) is 0.646. The summed E-state index contributed by atoms with van der Waals surface area (Å²) in [6, 6.07) is 15.5. The molecule has 1 N–H and O–H groups in total. The molecule has 4 heteroatoms. The van der Waals surface area contributed by atoms with Gasteiger partial charge in [-0.2, -0.15) is 0 Å². The second kappa shape index (κ2) is 5.43. The molecule has 1 nitrogen and oxygen atoms in total. The van der Waals surface area contributed by atoms with Gasteiger partial charge < -0.3 is 5.32 Å². The van der Waals surface area contributed by atoms with Gasteiger partial charge in [-0.3, -0.25) is 0 Å². The van der Waals surface area contributed by atoms with Crippen LogP contribution in [-0.4, -0.2) is 5.75 Å². The highest BCUT2D eigenvalue weighted by atomic mass is 127. The molecule has 0 bridgehead atoms. The van der Waals surface area contributed by atoms with E-state index in [2.05, 4.69) is 86.3 Å². The standard InChI is InChI=1S/C14H11BrINS/c15-11-6-5-9(7-12(11)16)17-13-8-18-14-4-2-1-3-10(13)14/h1-7,13,17H,8H2. The average molecular weight is 432 g/mol. The smallest absolute Gasteiger partial charge is 0.0618 e. The number of hydrogen-bond donors (Lipinski definition) is 1. The van der Waals surface area contributed by atoms with E-state index in [1.165, 1.54) is 19.7 Å². The lowest BCUT2D eigenvalue weighted by Gasteiger charge is -2.15. The first-order chi connectivity index (χ1) is 8.74. The Labute approximate surface area is 133 Å². The number of benzene rings is 2. The van der Waals surface area contributed by atoms with E-state index < -0.39 is 0 Å². The van der Waals surface area contributed by atoms with Crippen LogP contribution in [0.15, 0.2) is 51.8 Å². The summed E-state index contributed by atoms with van der Waals surface area (Å²) in [5.74, 6) is 1.10. The van der Waals surface area contributed by atoms with Crippen molar-refractivity contribution in [3.8, 4) is 0 Å². The minimum Gasteiger partial charge on any atom is -0.377 e. The van der Waals surface area contributed by atoms with E-state index in [4.69, 9.17) is 0 Å². The Hall–Kier alpha value is -0.200. The van der Waals surface area contributed by atoms with E-state index in [9.17, 15) is 0 Å². The molecule has 0 saturated heterocycles. The van der Waals surface area contributed by atoms with Crippen LogP contribution in [0.4, 0.5) is 5.69 Å². The number of rotatable bonds is 2. The first-order valence-electron chi connectivity index (χ1n) is 5.67. The topological polar surface area (TPSA) is 12.0 Å². The number of fused-ring (bicyclic) bond motifs is 1. The Bertz CT molecular complexity index is 588. The van der Waals surface area contributed by atoms with Gasteiger partial charge in [-0.25, -0.2) is 0 Å². The van der Waals surface area contributed by atoms with Crippen molar-refractivity contribution in [2.45, 2.75) is 10.9 Å². The first kappa shape index (κ1) is 12.8. The van der Waals surface area contributed by atoms with E-state index in [0.29, 0.717) is 6.04 Å². The summed E-state index contributed by atoms with van der Waals surface area (Å²) in [6.07, 6.45) is 0. The maximum absolute atomic E-state index is 3.62. The monoisotopic (exact) mass is 431 g/mol.